The van der Waals surface area contributed by atoms with E-state index in [1.807, 2.05) is 35.0 Å². The molecular formula is C16H17N3O2. The summed E-state index contributed by atoms with van der Waals surface area (Å²) in [6.45, 7) is 2.08. The lowest BCUT2D eigenvalue weighted by molar-refractivity contribution is -0.143. The van der Waals surface area contributed by atoms with Gasteiger partial charge in [-0.2, -0.15) is 5.26 Å². The lowest BCUT2D eigenvalue weighted by Crippen LogP contribution is -2.38. The molecule has 1 saturated heterocycles. The molecule has 1 fully saturated rings. The molecule has 5 nitrogen and oxygen atoms in total. The normalized spacial score (nSPS) is 19.5. The van der Waals surface area contributed by atoms with Crippen LogP contribution >= 0.6 is 0 Å². The van der Waals surface area contributed by atoms with E-state index in [0.29, 0.717) is 18.7 Å². The summed E-state index contributed by atoms with van der Waals surface area (Å²) < 4.78 is 1.95. The predicted molar refractivity (Wildman–Crippen MR) is 77.7 cm³/mol. The quantitative estimate of drug-likeness (QED) is 0.936. The van der Waals surface area contributed by atoms with E-state index in [1.165, 1.54) is 0 Å². The Balaban J connectivity index is 1.85. The third kappa shape index (κ3) is 2.63. The molecule has 21 heavy (non-hydrogen) atoms. The van der Waals surface area contributed by atoms with Crippen molar-refractivity contribution in [1.82, 2.24) is 9.30 Å². The van der Waals surface area contributed by atoms with Crippen LogP contribution < -0.4 is 0 Å². The Morgan fingerprint density at radius 1 is 1.48 bits per heavy atom. The second kappa shape index (κ2) is 5.58. The number of nitrogens with zero attached hydrogens (tertiary/aromatic N) is 3. The highest BCUT2D eigenvalue weighted by atomic mass is 16.4. The highest BCUT2D eigenvalue weighted by molar-refractivity contribution is 5.70. The first-order chi connectivity index (χ1) is 10.2. The minimum absolute atomic E-state index is 0.290. The third-order valence-corrected chi connectivity index (χ3v) is 4.12. The van der Waals surface area contributed by atoms with Crippen LogP contribution in [0.4, 0.5) is 0 Å². The third-order valence-electron chi connectivity index (χ3n) is 4.12. The van der Waals surface area contributed by atoms with Crippen LogP contribution in [-0.2, 0) is 11.3 Å². The first kappa shape index (κ1) is 13.7. The Kier molecular flexibility index (Phi) is 3.63. The number of carboxylic acids is 1. The van der Waals surface area contributed by atoms with Crippen LogP contribution in [0.1, 0.15) is 24.0 Å². The number of carboxylic acid groups (broad SMARTS) is 1. The molecule has 0 saturated carbocycles. The van der Waals surface area contributed by atoms with Gasteiger partial charge in [-0.05, 0) is 31.5 Å². The number of hydrogen-bond donors (Lipinski definition) is 1. The number of piperidine rings is 1. The lowest BCUT2D eigenvalue weighted by Gasteiger charge is -2.30. The molecule has 0 bridgehead atoms. The van der Waals surface area contributed by atoms with Crippen molar-refractivity contribution in [3.8, 4) is 6.07 Å². The fourth-order valence-electron chi connectivity index (χ4n) is 3.07. The molecule has 1 atom stereocenters. The molecule has 0 amide bonds. The molecule has 2 aromatic rings. The van der Waals surface area contributed by atoms with Gasteiger partial charge >= 0.3 is 5.97 Å². The maximum Gasteiger partial charge on any atom is 0.307 e. The van der Waals surface area contributed by atoms with Crippen LogP contribution in [0.5, 0.6) is 0 Å². The second-order valence-electron chi connectivity index (χ2n) is 5.55. The molecule has 5 heteroatoms. The molecule has 0 aliphatic carbocycles. The van der Waals surface area contributed by atoms with E-state index in [4.69, 9.17) is 5.11 Å². The summed E-state index contributed by atoms with van der Waals surface area (Å²) in [6, 6.07) is 8.06. The maximum absolute atomic E-state index is 11.1. The summed E-state index contributed by atoms with van der Waals surface area (Å²) in [5.41, 5.74) is 2.56. The van der Waals surface area contributed by atoms with Gasteiger partial charge in [0.05, 0.1) is 17.0 Å². The monoisotopic (exact) mass is 283 g/mol. The lowest BCUT2D eigenvalue weighted by atomic mass is 9.98. The van der Waals surface area contributed by atoms with Crippen molar-refractivity contribution >= 4 is 11.5 Å². The molecule has 0 spiro atoms. The zero-order chi connectivity index (χ0) is 14.8. The van der Waals surface area contributed by atoms with Crippen LogP contribution in [0.3, 0.4) is 0 Å². The van der Waals surface area contributed by atoms with Crippen LogP contribution in [-0.4, -0.2) is 33.5 Å². The van der Waals surface area contributed by atoms with Crippen molar-refractivity contribution in [3.05, 3.63) is 41.7 Å². The Labute approximate surface area is 123 Å². The second-order valence-corrected chi connectivity index (χ2v) is 5.55. The average molecular weight is 283 g/mol. The van der Waals surface area contributed by atoms with E-state index in [2.05, 4.69) is 11.0 Å². The van der Waals surface area contributed by atoms with E-state index in [9.17, 15) is 10.1 Å². The van der Waals surface area contributed by atoms with E-state index >= 15 is 0 Å². The highest BCUT2D eigenvalue weighted by Crippen LogP contribution is 2.23. The molecule has 1 unspecified atom stereocenters. The molecule has 1 N–H and O–H groups in total. The predicted octanol–water partition coefficient (Wildman–Crippen LogP) is 2.11. The van der Waals surface area contributed by atoms with Crippen molar-refractivity contribution in [2.24, 2.45) is 5.92 Å². The molecule has 0 radical (unpaired) electrons. The van der Waals surface area contributed by atoms with Gasteiger partial charge in [0.15, 0.2) is 0 Å². The Morgan fingerprint density at radius 3 is 3.10 bits per heavy atom. The van der Waals surface area contributed by atoms with Gasteiger partial charge in [0, 0.05) is 31.0 Å². The molecule has 1 aliphatic rings. The molecule has 108 valence electrons. The largest absolute Gasteiger partial charge is 0.481 e. The fraction of sp³-hybridized carbons (Fsp3) is 0.375. The Bertz CT molecular complexity index is 714. The molecule has 2 aromatic heterocycles. The molecule has 3 heterocycles. The molecule has 0 aromatic carbocycles. The average Bonchev–Trinajstić information content (AvgIpc) is 2.84. The molecule has 1 aliphatic heterocycles. The summed E-state index contributed by atoms with van der Waals surface area (Å²) in [7, 11) is 0. The van der Waals surface area contributed by atoms with Gasteiger partial charge in [0.1, 0.15) is 6.07 Å². The number of carbonyl (C=O) groups is 1. The van der Waals surface area contributed by atoms with Gasteiger partial charge in [-0.3, -0.25) is 9.69 Å². The van der Waals surface area contributed by atoms with Crippen molar-refractivity contribution in [2.45, 2.75) is 19.4 Å². The number of fused-ring (bicyclic) bond motifs is 1. The number of aliphatic carboxylic acids is 1. The Hall–Kier alpha value is -2.32. The zero-order valence-electron chi connectivity index (χ0n) is 11.7. The smallest absolute Gasteiger partial charge is 0.307 e. The molecular weight excluding hydrogens is 266 g/mol. The van der Waals surface area contributed by atoms with Gasteiger partial charge in [-0.15, -0.1) is 0 Å². The standard InChI is InChI=1S/C16H17N3O2/c17-8-14-13(11-19-7-2-1-5-15(14)19)10-18-6-3-4-12(9-18)16(20)21/h1-2,5,7,11-12H,3-4,6,9-10H2,(H,20,21). The van der Waals surface area contributed by atoms with Crippen LogP contribution in [0, 0.1) is 17.2 Å². The topological polar surface area (TPSA) is 68.7 Å². The summed E-state index contributed by atoms with van der Waals surface area (Å²) in [5, 5.41) is 18.6. The number of nitriles is 1. The summed E-state index contributed by atoms with van der Waals surface area (Å²) in [6.07, 6.45) is 5.54. The van der Waals surface area contributed by atoms with Gasteiger partial charge < -0.3 is 9.51 Å². The maximum atomic E-state index is 11.1. The van der Waals surface area contributed by atoms with Gasteiger partial charge in [0.25, 0.3) is 0 Å². The first-order valence-electron chi connectivity index (χ1n) is 7.13. The first-order valence-corrected chi connectivity index (χ1v) is 7.13. The minimum atomic E-state index is -0.720. The Morgan fingerprint density at radius 2 is 2.33 bits per heavy atom. The van der Waals surface area contributed by atoms with E-state index in [0.717, 1.165) is 30.5 Å². The van der Waals surface area contributed by atoms with Gasteiger partial charge in [-0.25, -0.2) is 0 Å². The fourth-order valence-corrected chi connectivity index (χ4v) is 3.07. The summed E-state index contributed by atoms with van der Waals surface area (Å²) in [5.74, 6) is -1.01. The summed E-state index contributed by atoms with van der Waals surface area (Å²) in [4.78, 5) is 13.3. The number of likely N-dealkylation sites (tertiary alicyclic amines) is 1. The van der Waals surface area contributed by atoms with Crippen LogP contribution in [0.25, 0.3) is 5.52 Å². The number of rotatable bonds is 3. The zero-order valence-corrected chi connectivity index (χ0v) is 11.7. The van der Waals surface area contributed by atoms with Crippen molar-refractivity contribution in [1.29, 1.82) is 5.26 Å². The van der Waals surface area contributed by atoms with E-state index in [1.54, 1.807) is 0 Å². The number of aromatic nitrogens is 1. The molecule has 3 rings (SSSR count). The highest BCUT2D eigenvalue weighted by Gasteiger charge is 2.26. The summed E-state index contributed by atoms with van der Waals surface area (Å²) >= 11 is 0. The minimum Gasteiger partial charge on any atom is -0.481 e. The van der Waals surface area contributed by atoms with E-state index in [-0.39, 0.29) is 5.92 Å². The van der Waals surface area contributed by atoms with E-state index < -0.39 is 5.97 Å². The van der Waals surface area contributed by atoms with Crippen molar-refractivity contribution in [2.75, 3.05) is 13.1 Å². The number of hydrogen-bond acceptors (Lipinski definition) is 3. The van der Waals surface area contributed by atoms with Gasteiger partial charge in [0.2, 0.25) is 0 Å². The van der Waals surface area contributed by atoms with Crippen LogP contribution in [0.2, 0.25) is 0 Å². The van der Waals surface area contributed by atoms with Gasteiger partial charge in [-0.1, -0.05) is 6.07 Å². The SMILES string of the molecule is N#Cc1c(CN2CCCC(C(=O)O)C2)cn2ccccc12. The van der Waals surface area contributed by atoms with Crippen LogP contribution in [0.15, 0.2) is 30.6 Å². The van der Waals surface area contributed by atoms with Crippen molar-refractivity contribution < 1.29 is 9.90 Å². The number of pyridine rings is 1. The van der Waals surface area contributed by atoms with Crippen molar-refractivity contribution in [3.63, 3.8) is 0 Å².